The van der Waals surface area contributed by atoms with Gasteiger partial charge >= 0.3 is 5.97 Å². The highest BCUT2D eigenvalue weighted by molar-refractivity contribution is 5.68. The van der Waals surface area contributed by atoms with E-state index in [1.165, 1.54) is 12.8 Å². The van der Waals surface area contributed by atoms with Gasteiger partial charge in [-0.05, 0) is 39.3 Å². The molecule has 0 radical (unpaired) electrons. The molecule has 0 aromatic rings. The van der Waals surface area contributed by atoms with Crippen LogP contribution in [0.5, 0.6) is 0 Å². The van der Waals surface area contributed by atoms with Crippen LogP contribution in [0.4, 0.5) is 0 Å². The third kappa shape index (κ3) is 2.71. The lowest BCUT2D eigenvalue weighted by molar-refractivity contribution is -0.140. The minimum Gasteiger partial charge on any atom is -0.481 e. The van der Waals surface area contributed by atoms with Crippen LogP contribution >= 0.6 is 0 Å². The standard InChI is InChI=1S/C11H21NO2/c1-3-6-11(2,9-10(13)14)12-7-4-5-8-12/h3-9H2,1-2H3,(H,13,14). The first kappa shape index (κ1) is 11.5. The summed E-state index contributed by atoms with van der Waals surface area (Å²) < 4.78 is 0. The molecule has 0 bridgehead atoms. The van der Waals surface area contributed by atoms with E-state index in [2.05, 4.69) is 18.7 Å². The Morgan fingerprint density at radius 1 is 1.43 bits per heavy atom. The molecule has 14 heavy (non-hydrogen) atoms. The molecular formula is C11H21NO2. The van der Waals surface area contributed by atoms with Crippen molar-refractivity contribution in [3.63, 3.8) is 0 Å². The van der Waals surface area contributed by atoms with Crippen LogP contribution in [0.3, 0.4) is 0 Å². The minimum absolute atomic E-state index is 0.114. The Morgan fingerprint density at radius 3 is 2.43 bits per heavy atom. The molecule has 1 aliphatic heterocycles. The summed E-state index contributed by atoms with van der Waals surface area (Å²) in [6, 6.07) is 0. The third-order valence-electron chi connectivity index (χ3n) is 3.19. The smallest absolute Gasteiger partial charge is 0.305 e. The first-order valence-corrected chi connectivity index (χ1v) is 5.55. The molecule has 1 saturated heterocycles. The van der Waals surface area contributed by atoms with Gasteiger partial charge in [-0.15, -0.1) is 0 Å². The summed E-state index contributed by atoms with van der Waals surface area (Å²) in [6.45, 7) is 6.36. The van der Waals surface area contributed by atoms with E-state index in [0.717, 1.165) is 25.9 Å². The lowest BCUT2D eigenvalue weighted by Gasteiger charge is -2.37. The summed E-state index contributed by atoms with van der Waals surface area (Å²) in [5, 5.41) is 8.91. The summed E-state index contributed by atoms with van der Waals surface area (Å²) >= 11 is 0. The summed E-state index contributed by atoms with van der Waals surface area (Å²) in [6.07, 6.45) is 4.76. The van der Waals surface area contributed by atoms with Gasteiger partial charge in [-0.2, -0.15) is 0 Å². The van der Waals surface area contributed by atoms with E-state index in [4.69, 9.17) is 5.11 Å². The Kier molecular flexibility index (Phi) is 3.93. The van der Waals surface area contributed by atoms with Crippen molar-refractivity contribution >= 4 is 5.97 Å². The molecule has 1 atom stereocenters. The molecule has 0 aliphatic carbocycles. The maximum atomic E-state index is 10.8. The van der Waals surface area contributed by atoms with Crippen molar-refractivity contribution in [2.75, 3.05) is 13.1 Å². The number of nitrogens with zero attached hydrogens (tertiary/aromatic N) is 1. The van der Waals surface area contributed by atoms with E-state index < -0.39 is 5.97 Å². The zero-order valence-electron chi connectivity index (χ0n) is 9.25. The van der Waals surface area contributed by atoms with Gasteiger partial charge in [-0.3, -0.25) is 9.69 Å². The number of carboxylic acid groups (broad SMARTS) is 1. The molecule has 0 aromatic carbocycles. The van der Waals surface area contributed by atoms with E-state index >= 15 is 0 Å². The van der Waals surface area contributed by atoms with Crippen LogP contribution in [0.1, 0.15) is 46.0 Å². The fourth-order valence-electron chi connectivity index (χ4n) is 2.48. The number of carboxylic acids is 1. The van der Waals surface area contributed by atoms with E-state index in [1.807, 2.05) is 0 Å². The number of likely N-dealkylation sites (tertiary alicyclic amines) is 1. The van der Waals surface area contributed by atoms with Crippen LogP contribution in [0, 0.1) is 0 Å². The van der Waals surface area contributed by atoms with Gasteiger partial charge in [0.2, 0.25) is 0 Å². The number of carbonyl (C=O) groups is 1. The van der Waals surface area contributed by atoms with Gasteiger partial charge in [0.1, 0.15) is 0 Å². The highest BCUT2D eigenvalue weighted by Crippen LogP contribution is 2.28. The maximum absolute atomic E-state index is 10.8. The van der Waals surface area contributed by atoms with Crippen LogP contribution in [0.2, 0.25) is 0 Å². The SMILES string of the molecule is CCCC(C)(CC(=O)O)N1CCCC1. The second kappa shape index (κ2) is 4.78. The number of rotatable bonds is 5. The van der Waals surface area contributed by atoms with Gasteiger partial charge in [0, 0.05) is 5.54 Å². The van der Waals surface area contributed by atoms with Crippen LogP contribution < -0.4 is 0 Å². The van der Waals surface area contributed by atoms with Gasteiger partial charge in [-0.25, -0.2) is 0 Å². The summed E-state index contributed by atoms with van der Waals surface area (Å²) in [4.78, 5) is 13.2. The molecule has 82 valence electrons. The molecule has 1 aliphatic rings. The van der Waals surface area contributed by atoms with E-state index in [1.54, 1.807) is 0 Å². The van der Waals surface area contributed by atoms with Crippen molar-refractivity contribution in [2.45, 2.75) is 51.5 Å². The van der Waals surface area contributed by atoms with Crippen molar-refractivity contribution < 1.29 is 9.90 Å². The summed E-state index contributed by atoms with van der Waals surface area (Å²) in [7, 11) is 0. The molecule has 1 rings (SSSR count). The predicted octanol–water partition coefficient (Wildman–Crippen LogP) is 2.12. The number of hydrogen-bond acceptors (Lipinski definition) is 2. The quantitative estimate of drug-likeness (QED) is 0.737. The first-order valence-electron chi connectivity index (χ1n) is 5.55. The Bertz CT molecular complexity index is 199. The van der Waals surface area contributed by atoms with Crippen LogP contribution in [0.15, 0.2) is 0 Å². The zero-order valence-corrected chi connectivity index (χ0v) is 9.25. The van der Waals surface area contributed by atoms with Gasteiger partial charge in [-0.1, -0.05) is 13.3 Å². The highest BCUT2D eigenvalue weighted by atomic mass is 16.4. The van der Waals surface area contributed by atoms with Crippen molar-refractivity contribution in [2.24, 2.45) is 0 Å². The van der Waals surface area contributed by atoms with Gasteiger partial charge < -0.3 is 5.11 Å². The van der Waals surface area contributed by atoms with Gasteiger partial charge in [0.25, 0.3) is 0 Å². The predicted molar refractivity (Wildman–Crippen MR) is 56.4 cm³/mol. The minimum atomic E-state index is -0.673. The molecule has 0 amide bonds. The molecule has 3 heteroatoms. The Balaban J connectivity index is 2.63. The molecule has 3 nitrogen and oxygen atoms in total. The molecule has 1 heterocycles. The first-order chi connectivity index (χ1) is 6.58. The Hall–Kier alpha value is -0.570. The maximum Gasteiger partial charge on any atom is 0.305 e. The lowest BCUT2D eigenvalue weighted by Crippen LogP contribution is -2.46. The average Bonchev–Trinajstić information content (AvgIpc) is 2.54. The zero-order chi connectivity index (χ0) is 10.6. The van der Waals surface area contributed by atoms with Crippen molar-refractivity contribution in [3.05, 3.63) is 0 Å². The average molecular weight is 199 g/mol. The Labute approximate surface area is 86.1 Å². The van der Waals surface area contributed by atoms with E-state index in [9.17, 15) is 4.79 Å². The fraction of sp³-hybridized carbons (Fsp3) is 0.909. The molecule has 1 fully saturated rings. The van der Waals surface area contributed by atoms with E-state index in [-0.39, 0.29) is 12.0 Å². The number of hydrogen-bond donors (Lipinski definition) is 1. The van der Waals surface area contributed by atoms with Crippen LogP contribution in [-0.4, -0.2) is 34.6 Å². The summed E-state index contributed by atoms with van der Waals surface area (Å²) in [5.41, 5.74) is -0.114. The monoisotopic (exact) mass is 199 g/mol. The normalized spacial score (nSPS) is 22.1. The molecule has 1 N–H and O–H groups in total. The largest absolute Gasteiger partial charge is 0.481 e. The second-order valence-corrected chi connectivity index (χ2v) is 4.51. The molecule has 1 unspecified atom stereocenters. The molecule has 0 spiro atoms. The summed E-state index contributed by atoms with van der Waals surface area (Å²) in [5.74, 6) is -0.673. The third-order valence-corrected chi connectivity index (χ3v) is 3.19. The van der Waals surface area contributed by atoms with Crippen LogP contribution in [0.25, 0.3) is 0 Å². The van der Waals surface area contributed by atoms with Crippen LogP contribution in [-0.2, 0) is 4.79 Å². The van der Waals surface area contributed by atoms with Gasteiger partial charge in [0.05, 0.1) is 6.42 Å². The number of aliphatic carboxylic acids is 1. The second-order valence-electron chi connectivity index (χ2n) is 4.51. The fourth-order valence-corrected chi connectivity index (χ4v) is 2.48. The van der Waals surface area contributed by atoms with Crippen molar-refractivity contribution in [3.8, 4) is 0 Å². The highest BCUT2D eigenvalue weighted by Gasteiger charge is 2.34. The van der Waals surface area contributed by atoms with Gasteiger partial charge in [0.15, 0.2) is 0 Å². The lowest BCUT2D eigenvalue weighted by atomic mass is 9.90. The molecule has 0 saturated carbocycles. The van der Waals surface area contributed by atoms with Crippen molar-refractivity contribution in [1.29, 1.82) is 0 Å². The Morgan fingerprint density at radius 2 is 2.00 bits per heavy atom. The molecule has 0 aromatic heterocycles. The topological polar surface area (TPSA) is 40.5 Å². The van der Waals surface area contributed by atoms with Crippen molar-refractivity contribution in [1.82, 2.24) is 4.90 Å². The van der Waals surface area contributed by atoms with E-state index in [0.29, 0.717) is 0 Å². The molecular weight excluding hydrogens is 178 g/mol.